The number of aryl methyl sites for hydroxylation is 1. The summed E-state index contributed by atoms with van der Waals surface area (Å²) in [7, 11) is 5.10. The van der Waals surface area contributed by atoms with Gasteiger partial charge in [0.25, 0.3) is 0 Å². The zero-order valence-corrected chi connectivity index (χ0v) is 18.0. The topological polar surface area (TPSA) is 63.9 Å². The summed E-state index contributed by atoms with van der Waals surface area (Å²) in [6.07, 6.45) is 1.05. The van der Waals surface area contributed by atoms with Gasteiger partial charge < -0.3 is 19.1 Å². The Morgan fingerprint density at radius 2 is 1.87 bits per heavy atom. The zero-order valence-electron chi connectivity index (χ0n) is 18.0. The summed E-state index contributed by atoms with van der Waals surface area (Å²) in [4.78, 5) is 14.8. The molecule has 0 radical (unpaired) electrons. The van der Waals surface area contributed by atoms with Crippen LogP contribution in [-0.2, 0) is 29.5 Å². The van der Waals surface area contributed by atoms with E-state index >= 15 is 0 Å². The number of carbonyl (C=O) groups is 1. The number of nitrogens with zero attached hydrogens (tertiary/aromatic N) is 2. The second kappa shape index (κ2) is 7.46. The molecule has 1 N–H and O–H groups in total. The van der Waals surface area contributed by atoms with Crippen molar-refractivity contribution in [3.05, 3.63) is 76.7 Å². The van der Waals surface area contributed by atoms with Crippen molar-refractivity contribution in [3.63, 3.8) is 0 Å². The molecule has 0 fully saturated rings. The first-order valence-corrected chi connectivity index (χ1v) is 10.5. The van der Waals surface area contributed by atoms with Gasteiger partial charge in [0.15, 0.2) is 0 Å². The van der Waals surface area contributed by atoms with E-state index in [1.165, 1.54) is 29.3 Å². The van der Waals surface area contributed by atoms with Crippen LogP contribution in [0.5, 0.6) is 5.75 Å². The second-order valence-electron chi connectivity index (χ2n) is 8.26. The van der Waals surface area contributed by atoms with E-state index < -0.39 is 5.97 Å². The first-order chi connectivity index (χ1) is 15.0. The highest BCUT2D eigenvalue weighted by Gasteiger charge is 2.45. The van der Waals surface area contributed by atoms with Gasteiger partial charge in [-0.25, -0.2) is 4.79 Å². The summed E-state index contributed by atoms with van der Waals surface area (Å²) in [5.74, 6) is 0.497. The molecular formula is C25H26N2O4. The normalized spacial score (nSPS) is 20.6. The summed E-state index contributed by atoms with van der Waals surface area (Å²) in [5.41, 5.74) is 5.07. The van der Waals surface area contributed by atoms with E-state index in [0.29, 0.717) is 25.0 Å². The molecule has 31 heavy (non-hydrogen) atoms. The number of fused-ring (bicyclic) bond motifs is 6. The monoisotopic (exact) mass is 418 g/mol. The lowest BCUT2D eigenvalue weighted by molar-refractivity contribution is -0.137. The molecule has 5 rings (SSSR count). The Morgan fingerprint density at radius 1 is 1.10 bits per heavy atom. The molecule has 3 aromatic rings. The van der Waals surface area contributed by atoms with Gasteiger partial charge in [-0.1, -0.05) is 30.3 Å². The van der Waals surface area contributed by atoms with Gasteiger partial charge in [0.1, 0.15) is 11.5 Å². The maximum atomic E-state index is 12.4. The predicted molar refractivity (Wildman–Crippen MR) is 118 cm³/mol. The molecule has 0 amide bonds. The van der Waals surface area contributed by atoms with Crippen LogP contribution in [-0.4, -0.2) is 40.8 Å². The number of rotatable bonds is 4. The highest BCUT2D eigenvalue weighted by atomic mass is 16.5. The predicted octanol–water partition coefficient (Wildman–Crippen LogP) is 4.04. The van der Waals surface area contributed by atoms with Crippen molar-refractivity contribution >= 4 is 16.9 Å². The Morgan fingerprint density at radius 3 is 2.58 bits per heavy atom. The molecule has 2 aliphatic heterocycles. The van der Waals surface area contributed by atoms with Gasteiger partial charge in [0, 0.05) is 37.2 Å². The van der Waals surface area contributed by atoms with E-state index in [4.69, 9.17) is 9.47 Å². The number of aliphatic hydroxyl groups excluding tert-OH is 1. The molecule has 2 atom stereocenters. The average Bonchev–Trinajstić information content (AvgIpc) is 3.07. The zero-order chi connectivity index (χ0) is 21.7. The fraction of sp³-hybridized carbons (Fsp3) is 0.320. The van der Waals surface area contributed by atoms with Crippen molar-refractivity contribution in [3.8, 4) is 5.75 Å². The van der Waals surface area contributed by atoms with E-state index in [1.807, 2.05) is 30.3 Å². The first-order valence-electron chi connectivity index (χ1n) is 10.5. The van der Waals surface area contributed by atoms with Gasteiger partial charge >= 0.3 is 5.97 Å². The maximum absolute atomic E-state index is 12.4. The Kier molecular flexibility index (Phi) is 4.74. The Labute approximate surface area is 181 Å². The van der Waals surface area contributed by atoms with Crippen LogP contribution >= 0.6 is 0 Å². The number of aliphatic hydroxyl groups is 1. The summed E-state index contributed by atoms with van der Waals surface area (Å²) in [6, 6.07) is 16.1. The van der Waals surface area contributed by atoms with Crippen molar-refractivity contribution in [2.45, 2.75) is 31.5 Å². The Balaban J connectivity index is 1.68. The van der Waals surface area contributed by atoms with E-state index in [-0.39, 0.29) is 17.8 Å². The third-order valence-electron chi connectivity index (χ3n) is 6.74. The highest BCUT2D eigenvalue weighted by molar-refractivity contribution is 5.91. The quantitative estimate of drug-likeness (QED) is 0.648. The lowest BCUT2D eigenvalue weighted by Crippen LogP contribution is -2.48. The lowest BCUT2D eigenvalue weighted by Gasteiger charge is -2.46. The van der Waals surface area contributed by atoms with Crippen LogP contribution in [0.1, 0.15) is 29.3 Å². The molecule has 2 aromatic carbocycles. The Bertz CT molecular complexity index is 1200. The molecular weight excluding hydrogens is 392 g/mol. The van der Waals surface area contributed by atoms with E-state index in [2.05, 4.69) is 34.7 Å². The number of hydrogen-bond acceptors (Lipinski definition) is 5. The third-order valence-corrected chi connectivity index (χ3v) is 6.74. The van der Waals surface area contributed by atoms with Crippen LogP contribution in [0.15, 0.2) is 59.9 Å². The molecule has 2 bridgehead atoms. The second-order valence-corrected chi connectivity index (χ2v) is 8.26. The van der Waals surface area contributed by atoms with Gasteiger partial charge in [-0.15, -0.1) is 0 Å². The standard InChI is InChI=1S/C25H26N2O4/c1-26-20-11-16(30-2)9-10-17(20)18-12-22-24(28)19(25(29)31-3)13-21(23(18)26)27(22)14-15-7-5-4-6-8-15/h4-11,21-22,28H,12-14H2,1-3H3/t21-,22-/m0/s1. The minimum atomic E-state index is -0.448. The van der Waals surface area contributed by atoms with Crippen LogP contribution in [0.25, 0.3) is 10.9 Å². The van der Waals surface area contributed by atoms with Crippen molar-refractivity contribution in [1.29, 1.82) is 0 Å². The SMILES string of the molecule is COC(=O)C1=C(O)[C@@H]2Cc3c(n(C)c4cc(OC)ccc34)[C@H](C1)N2Cc1ccccc1. The summed E-state index contributed by atoms with van der Waals surface area (Å²) in [5, 5.41) is 12.3. The lowest BCUT2D eigenvalue weighted by atomic mass is 9.81. The van der Waals surface area contributed by atoms with E-state index in [9.17, 15) is 9.90 Å². The summed E-state index contributed by atoms with van der Waals surface area (Å²) >= 11 is 0. The minimum Gasteiger partial charge on any atom is -0.510 e. The van der Waals surface area contributed by atoms with E-state index in [0.717, 1.165) is 11.3 Å². The number of esters is 1. The number of aromatic nitrogens is 1. The molecule has 0 unspecified atom stereocenters. The fourth-order valence-corrected chi connectivity index (χ4v) is 5.26. The molecule has 1 aromatic heterocycles. The third kappa shape index (κ3) is 3.01. The van der Waals surface area contributed by atoms with Gasteiger partial charge in [-0.3, -0.25) is 4.90 Å². The van der Waals surface area contributed by atoms with Crippen LogP contribution < -0.4 is 4.74 Å². The number of hydrogen-bond donors (Lipinski definition) is 1. The van der Waals surface area contributed by atoms with Crippen molar-refractivity contribution < 1.29 is 19.4 Å². The first kappa shape index (κ1) is 19.7. The number of benzene rings is 2. The molecule has 3 heterocycles. The van der Waals surface area contributed by atoms with Crippen molar-refractivity contribution in [2.24, 2.45) is 7.05 Å². The molecule has 6 heteroatoms. The van der Waals surface area contributed by atoms with Crippen LogP contribution in [0.2, 0.25) is 0 Å². The molecule has 0 saturated heterocycles. The summed E-state index contributed by atoms with van der Waals surface area (Å²) in [6.45, 7) is 0.693. The molecule has 0 spiro atoms. The van der Waals surface area contributed by atoms with Crippen LogP contribution in [0, 0.1) is 0 Å². The summed E-state index contributed by atoms with van der Waals surface area (Å²) < 4.78 is 12.6. The maximum Gasteiger partial charge on any atom is 0.337 e. The number of carbonyl (C=O) groups excluding carboxylic acids is 1. The smallest absolute Gasteiger partial charge is 0.337 e. The van der Waals surface area contributed by atoms with Crippen LogP contribution in [0.3, 0.4) is 0 Å². The average molecular weight is 418 g/mol. The van der Waals surface area contributed by atoms with Gasteiger partial charge in [0.05, 0.1) is 37.4 Å². The fourth-order valence-electron chi connectivity index (χ4n) is 5.26. The van der Waals surface area contributed by atoms with Crippen LogP contribution in [0.4, 0.5) is 0 Å². The van der Waals surface area contributed by atoms with Crippen molar-refractivity contribution in [2.75, 3.05) is 14.2 Å². The highest BCUT2D eigenvalue weighted by Crippen LogP contribution is 2.47. The molecule has 160 valence electrons. The van der Waals surface area contributed by atoms with Crippen molar-refractivity contribution in [1.82, 2.24) is 9.47 Å². The largest absolute Gasteiger partial charge is 0.510 e. The molecule has 2 aliphatic rings. The minimum absolute atomic E-state index is 0.0395. The van der Waals surface area contributed by atoms with Gasteiger partial charge in [0.2, 0.25) is 0 Å². The molecule has 6 nitrogen and oxygen atoms in total. The Hall–Kier alpha value is -3.25. The number of methoxy groups -OCH3 is 2. The molecule has 0 saturated carbocycles. The van der Waals surface area contributed by atoms with Gasteiger partial charge in [-0.2, -0.15) is 0 Å². The molecule has 0 aliphatic carbocycles. The van der Waals surface area contributed by atoms with E-state index in [1.54, 1.807) is 7.11 Å². The van der Waals surface area contributed by atoms with Gasteiger partial charge in [-0.05, 0) is 29.7 Å². The number of ether oxygens (including phenoxy) is 2.